The molecule has 0 saturated carbocycles. The lowest BCUT2D eigenvalue weighted by atomic mass is 10.0. The highest BCUT2D eigenvalue weighted by molar-refractivity contribution is 7.89. The average Bonchev–Trinajstić information content (AvgIpc) is 3.03. The molecule has 49 heavy (non-hydrogen) atoms. The Morgan fingerprint density at radius 2 is 1.73 bits per heavy atom. The first kappa shape index (κ1) is 38.1. The van der Waals surface area contributed by atoms with Gasteiger partial charge in [-0.15, -0.1) is 0 Å². The molecule has 3 aromatic rings. The Morgan fingerprint density at radius 1 is 1.06 bits per heavy atom. The number of benzene rings is 2. The Balaban J connectivity index is 1.39. The fraction of sp³-hybridized carbons (Fsp3) is 0.455. The van der Waals surface area contributed by atoms with Gasteiger partial charge in [-0.2, -0.15) is 4.72 Å². The van der Waals surface area contributed by atoms with Crippen LogP contribution in [0.3, 0.4) is 0 Å². The van der Waals surface area contributed by atoms with Crippen LogP contribution < -0.4 is 26.7 Å². The van der Waals surface area contributed by atoms with Gasteiger partial charge >= 0.3 is 0 Å². The number of pyridine rings is 1. The van der Waals surface area contributed by atoms with Crippen molar-refractivity contribution in [2.45, 2.75) is 70.0 Å². The number of nitrogens with one attached hydrogen (secondary N) is 1. The Morgan fingerprint density at radius 3 is 2.41 bits per heavy atom. The van der Waals surface area contributed by atoms with Gasteiger partial charge in [-0.1, -0.05) is 35.3 Å². The number of aliphatic imine (C=N–C) groups is 1. The zero-order valence-corrected chi connectivity index (χ0v) is 30.5. The first-order valence-electron chi connectivity index (χ1n) is 15.9. The van der Waals surface area contributed by atoms with Gasteiger partial charge in [-0.3, -0.25) is 14.6 Å². The SMILES string of the molecule is Cc1cc(C)c2cccc(OCc3c(Cl)ccc(S(=O)(=O)NC(C)(C)C(=O)N4CCN(C(=O)C(N)CCCCN=C(N)N)CC4)c3Cl)c2n1. The third kappa shape index (κ3) is 9.31. The molecule has 1 atom stereocenters. The van der Waals surface area contributed by atoms with Gasteiger partial charge in [-0.05, 0) is 76.8 Å². The highest BCUT2D eigenvalue weighted by atomic mass is 35.5. The summed E-state index contributed by atoms with van der Waals surface area (Å²) in [5.41, 5.74) is 18.0. The first-order chi connectivity index (χ1) is 23.0. The Labute approximate surface area is 297 Å². The van der Waals surface area contributed by atoms with Crippen LogP contribution in [0, 0.1) is 13.8 Å². The van der Waals surface area contributed by atoms with Crippen molar-refractivity contribution in [3.63, 3.8) is 0 Å². The molecule has 0 bridgehead atoms. The third-order valence-electron chi connectivity index (χ3n) is 8.29. The highest BCUT2D eigenvalue weighted by Gasteiger charge is 2.39. The number of nitrogens with zero attached hydrogens (tertiary/aromatic N) is 4. The average molecular weight is 736 g/mol. The lowest BCUT2D eigenvalue weighted by molar-refractivity contribution is -0.143. The number of amides is 2. The van der Waals surface area contributed by atoms with Crippen molar-refractivity contribution in [1.82, 2.24) is 19.5 Å². The van der Waals surface area contributed by atoms with Crippen molar-refractivity contribution in [1.29, 1.82) is 0 Å². The molecule has 13 nitrogen and oxygen atoms in total. The molecule has 4 rings (SSSR count). The monoisotopic (exact) mass is 734 g/mol. The molecule has 1 fully saturated rings. The van der Waals surface area contributed by atoms with Crippen molar-refractivity contribution >= 4 is 61.9 Å². The summed E-state index contributed by atoms with van der Waals surface area (Å²) in [6.07, 6.45) is 1.86. The lowest BCUT2D eigenvalue weighted by Crippen LogP contribution is -2.61. The first-order valence-corrected chi connectivity index (χ1v) is 18.2. The summed E-state index contributed by atoms with van der Waals surface area (Å²) in [6, 6.07) is 9.59. The number of ether oxygens (including phenoxy) is 1. The molecule has 0 radical (unpaired) electrons. The van der Waals surface area contributed by atoms with E-state index in [1.807, 2.05) is 32.0 Å². The molecule has 0 aliphatic carbocycles. The second-order valence-corrected chi connectivity index (χ2v) is 15.1. The number of aromatic nitrogens is 1. The number of aryl methyl sites for hydroxylation is 2. The predicted molar refractivity (Wildman–Crippen MR) is 192 cm³/mol. The van der Waals surface area contributed by atoms with E-state index in [4.69, 9.17) is 45.1 Å². The van der Waals surface area contributed by atoms with Gasteiger partial charge in [0.15, 0.2) is 5.96 Å². The van der Waals surface area contributed by atoms with E-state index in [-0.39, 0.29) is 65.2 Å². The van der Waals surface area contributed by atoms with Crippen molar-refractivity contribution in [2.75, 3.05) is 32.7 Å². The van der Waals surface area contributed by atoms with Gasteiger partial charge in [0.05, 0.1) is 11.1 Å². The number of sulfonamides is 1. The number of nitrogens with two attached hydrogens (primary N) is 3. The minimum atomic E-state index is -4.31. The van der Waals surface area contributed by atoms with Gasteiger partial charge in [0, 0.05) is 54.4 Å². The van der Waals surface area contributed by atoms with Crippen LogP contribution in [0.4, 0.5) is 0 Å². The summed E-state index contributed by atoms with van der Waals surface area (Å²) in [5.74, 6) is -0.130. The van der Waals surface area contributed by atoms with Gasteiger partial charge in [-0.25, -0.2) is 13.4 Å². The Hall–Kier alpha value is -3.69. The third-order valence-corrected chi connectivity index (χ3v) is 10.9. The lowest BCUT2D eigenvalue weighted by Gasteiger charge is -2.39. The molecule has 1 aliphatic heterocycles. The zero-order valence-electron chi connectivity index (χ0n) is 28.1. The number of hydrogen-bond acceptors (Lipinski definition) is 8. The summed E-state index contributed by atoms with van der Waals surface area (Å²) in [6.45, 7) is 8.17. The highest BCUT2D eigenvalue weighted by Crippen LogP contribution is 2.34. The molecule has 1 aromatic heterocycles. The number of piperazine rings is 1. The summed E-state index contributed by atoms with van der Waals surface area (Å²) in [4.78, 5) is 37.9. The molecule has 7 N–H and O–H groups in total. The number of halogens is 2. The summed E-state index contributed by atoms with van der Waals surface area (Å²) >= 11 is 13.1. The standard InChI is InChI=1S/C33H44Cl2N8O5S/c1-20-18-21(2)40-29-22(20)8-7-10-26(29)48-19-23-24(34)11-12-27(28(23)35)49(46,47)41-33(3,4)31(45)43-16-14-42(15-17-43)30(44)25(36)9-5-6-13-39-32(37)38/h7-8,10-12,18,25,41H,5-6,9,13-17,19,36H2,1-4H3,(H4,37,38,39). The van der Waals surface area contributed by atoms with Crippen LogP contribution in [-0.4, -0.2) is 85.3 Å². The normalized spacial score (nSPS) is 14.5. The minimum absolute atomic E-state index is 0.0218. The van der Waals surface area contributed by atoms with Crippen LogP contribution in [0.15, 0.2) is 46.3 Å². The zero-order chi connectivity index (χ0) is 36.1. The smallest absolute Gasteiger partial charge is 0.243 e. The topological polar surface area (TPSA) is 199 Å². The number of hydrogen-bond donors (Lipinski definition) is 4. The molecule has 1 aliphatic rings. The van der Waals surface area contributed by atoms with Crippen LogP contribution >= 0.6 is 23.2 Å². The molecule has 2 heterocycles. The van der Waals surface area contributed by atoms with Crippen molar-refractivity contribution in [2.24, 2.45) is 22.2 Å². The fourth-order valence-corrected chi connectivity index (χ4v) is 8.00. The number of fused-ring (bicyclic) bond motifs is 1. The molecular weight excluding hydrogens is 691 g/mol. The van der Waals surface area contributed by atoms with Gasteiger partial charge in [0.1, 0.15) is 28.3 Å². The summed E-state index contributed by atoms with van der Waals surface area (Å²) in [7, 11) is -4.31. The van der Waals surface area contributed by atoms with E-state index in [1.54, 1.807) is 11.0 Å². The number of guanidine groups is 1. The van der Waals surface area contributed by atoms with Crippen LogP contribution in [-0.2, 0) is 26.2 Å². The van der Waals surface area contributed by atoms with Gasteiger partial charge in [0.25, 0.3) is 0 Å². The summed E-state index contributed by atoms with van der Waals surface area (Å²) in [5, 5.41) is 1.03. The number of carbonyl (C=O) groups excluding carboxylic acids is 2. The second kappa shape index (κ2) is 15.9. The maximum absolute atomic E-state index is 13.7. The molecule has 0 spiro atoms. The van der Waals surface area contributed by atoms with Gasteiger partial charge < -0.3 is 31.7 Å². The minimum Gasteiger partial charge on any atom is -0.487 e. The molecular formula is C33H44Cl2N8O5S. The van der Waals surface area contributed by atoms with E-state index in [2.05, 4.69) is 14.7 Å². The number of carbonyl (C=O) groups is 2. The van der Waals surface area contributed by atoms with Crippen LogP contribution in [0.5, 0.6) is 5.75 Å². The van der Waals surface area contributed by atoms with Crippen molar-refractivity contribution in [3.05, 3.63) is 63.3 Å². The predicted octanol–water partition coefficient (Wildman–Crippen LogP) is 3.24. The van der Waals surface area contributed by atoms with Crippen LogP contribution in [0.25, 0.3) is 10.9 Å². The Kier molecular flexibility index (Phi) is 12.4. The second-order valence-electron chi connectivity index (χ2n) is 12.6. The quantitative estimate of drug-likeness (QED) is 0.116. The fourth-order valence-electron chi connectivity index (χ4n) is 5.74. The maximum Gasteiger partial charge on any atom is 0.243 e. The van der Waals surface area contributed by atoms with E-state index in [1.165, 1.54) is 30.9 Å². The van der Waals surface area contributed by atoms with E-state index in [0.29, 0.717) is 37.1 Å². The van der Waals surface area contributed by atoms with Crippen LogP contribution in [0.1, 0.15) is 49.9 Å². The maximum atomic E-state index is 13.7. The largest absolute Gasteiger partial charge is 0.487 e. The van der Waals surface area contributed by atoms with Crippen molar-refractivity contribution in [3.8, 4) is 5.75 Å². The number of unbranched alkanes of at least 4 members (excludes halogenated alkanes) is 1. The number of para-hydroxylation sites is 1. The van der Waals surface area contributed by atoms with E-state index < -0.39 is 27.5 Å². The van der Waals surface area contributed by atoms with Gasteiger partial charge in [0.2, 0.25) is 21.8 Å². The number of rotatable bonds is 13. The molecule has 1 unspecified atom stereocenters. The van der Waals surface area contributed by atoms with E-state index in [0.717, 1.165) is 16.6 Å². The molecule has 266 valence electrons. The Bertz CT molecular complexity index is 1840. The molecule has 16 heteroatoms. The molecule has 2 amide bonds. The van der Waals surface area contributed by atoms with Crippen molar-refractivity contribution < 1.29 is 22.7 Å². The molecule has 1 saturated heterocycles. The molecule has 2 aromatic carbocycles. The van der Waals surface area contributed by atoms with E-state index >= 15 is 0 Å². The van der Waals surface area contributed by atoms with E-state index in [9.17, 15) is 18.0 Å². The van der Waals surface area contributed by atoms with Crippen LogP contribution in [0.2, 0.25) is 10.0 Å². The summed E-state index contributed by atoms with van der Waals surface area (Å²) < 4.78 is 35.9.